The summed E-state index contributed by atoms with van der Waals surface area (Å²) in [6.07, 6.45) is -1.40. The number of esters is 1. The Morgan fingerprint density at radius 1 is 1.33 bits per heavy atom. The second-order valence-corrected chi connectivity index (χ2v) is 4.21. The van der Waals surface area contributed by atoms with Gasteiger partial charge < -0.3 is 19.3 Å². The molecule has 1 aromatic rings. The topological polar surface area (TPSA) is 65.0 Å². The van der Waals surface area contributed by atoms with E-state index < -0.39 is 12.1 Å². The molecular weight excluding hydrogens is 304 g/mol. The predicted molar refractivity (Wildman–Crippen MR) is 68.8 cm³/mol. The van der Waals surface area contributed by atoms with Crippen molar-refractivity contribution in [3.63, 3.8) is 0 Å². The van der Waals surface area contributed by atoms with Crippen molar-refractivity contribution < 1.29 is 24.1 Å². The van der Waals surface area contributed by atoms with Crippen LogP contribution in [0.5, 0.6) is 11.5 Å². The van der Waals surface area contributed by atoms with Crippen LogP contribution in [0, 0.1) is 0 Å². The molecule has 0 fully saturated rings. The van der Waals surface area contributed by atoms with Gasteiger partial charge in [-0.15, -0.1) is 0 Å². The molecule has 0 saturated carbocycles. The Labute approximate surface area is 114 Å². The van der Waals surface area contributed by atoms with Crippen LogP contribution in [0.3, 0.4) is 0 Å². The maximum atomic E-state index is 11.5. The monoisotopic (exact) mass is 318 g/mol. The lowest BCUT2D eigenvalue weighted by Gasteiger charge is -2.17. The van der Waals surface area contributed by atoms with Crippen LogP contribution in [0.15, 0.2) is 16.6 Å². The fourth-order valence-corrected chi connectivity index (χ4v) is 1.99. The van der Waals surface area contributed by atoms with Crippen LogP contribution in [0.4, 0.5) is 0 Å². The predicted octanol–water partition coefficient (Wildman–Crippen LogP) is 2.06. The second kappa shape index (κ2) is 6.61. The molecule has 18 heavy (non-hydrogen) atoms. The van der Waals surface area contributed by atoms with Gasteiger partial charge in [0.15, 0.2) is 17.6 Å². The summed E-state index contributed by atoms with van der Waals surface area (Å²) in [4.78, 5) is 11.5. The molecule has 1 unspecified atom stereocenters. The van der Waals surface area contributed by atoms with Crippen molar-refractivity contribution in [1.29, 1.82) is 0 Å². The molecule has 0 aromatic heterocycles. The third-order valence-corrected chi connectivity index (χ3v) is 2.93. The van der Waals surface area contributed by atoms with Gasteiger partial charge in [-0.2, -0.15) is 0 Å². The first-order chi connectivity index (χ1) is 8.56. The number of aliphatic hydroxyl groups is 1. The minimum atomic E-state index is -1.40. The molecule has 0 saturated heterocycles. The lowest BCUT2D eigenvalue weighted by molar-refractivity contribution is -0.153. The lowest BCUT2D eigenvalue weighted by atomic mass is 10.1. The molecule has 6 heteroatoms. The second-order valence-electron chi connectivity index (χ2n) is 3.36. The zero-order valence-electron chi connectivity index (χ0n) is 10.4. The standard InChI is InChI=1S/C12H15BrO5/c1-4-18-12(15)9(14)7-5-6-8(13)11(17-3)10(7)16-2/h5-6,9,14H,4H2,1-3H3. The molecule has 0 aliphatic carbocycles. The van der Waals surface area contributed by atoms with Crippen molar-refractivity contribution in [3.8, 4) is 11.5 Å². The fourth-order valence-electron chi connectivity index (χ4n) is 1.52. The van der Waals surface area contributed by atoms with Gasteiger partial charge in [0.25, 0.3) is 0 Å². The van der Waals surface area contributed by atoms with Crippen molar-refractivity contribution >= 4 is 21.9 Å². The van der Waals surface area contributed by atoms with Crippen molar-refractivity contribution in [2.24, 2.45) is 0 Å². The van der Waals surface area contributed by atoms with Gasteiger partial charge in [0.05, 0.1) is 25.3 Å². The van der Waals surface area contributed by atoms with Crippen molar-refractivity contribution in [2.75, 3.05) is 20.8 Å². The normalized spacial score (nSPS) is 11.8. The third kappa shape index (κ3) is 2.94. The van der Waals surface area contributed by atoms with Crippen LogP contribution in [0.25, 0.3) is 0 Å². The Kier molecular flexibility index (Phi) is 5.43. The average Bonchev–Trinajstić information content (AvgIpc) is 2.37. The van der Waals surface area contributed by atoms with Crippen LogP contribution < -0.4 is 9.47 Å². The molecule has 0 aliphatic heterocycles. The summed E-state index contributed by atoms with van der Waals surface area (Å²) in [5.74, 6) is -0.00838. The van der Waals surface area contributed by atoms with E-state index in [2.05, 4.69) is 15.9 Å². The summed E-state index contributed by atoms with van der Waals surface area (Å²) < 4.78 is 15.8. The van der Waals surface area contributed by atoms with Crippen molar-refractivity contribution in [1.82, 2.24) is 0 Å². The first kappa shape index (κ1) is 14.8. The van der Waals surface area contributed by atoms with E-state index in [9.17, 15) is 9.90 Å². The molecule has 1 atom stereocenters. The van der Waals surface area contributed by atoms with Gasteiger partial charge in [-0.1, -0.05) is 6.07 Å². The van der Waals surface area contributed by atoms with Crippen molar-refractivity contribution in [2.45, 2.75) is 13.0 Å². The quantitative estimate of drug-likeness (QED) is 0.842. The van der Waals surface area contributed by atoms with Gasteiger partial charge in [-0.25, -0.2) is 4.79 Å². The van der Waals surface area contributed by atoms with E-state index >= 15 is 0 Å². The first-order valence-electron chi connectivity index (χ1n) is 5.31. The maximum absolute atomic E-state index is 11.5. The molecule has 0 bridgehead atoms. The highest BCUT2D eigenvalue weighted by Crippen LogP contribution is 2.40. The molecule has 0 aliphatic rings. The summed E-state index contributed by atoms with van der Waals surface area (Å²) in [5.41, 5.74) is 0.302. The Hall–Kier alpha value is -1.27. The molecule has 1 N–H and O–H groups in total. The highest BCUT2D eigenvalue weighted by molar-refractivity contribution is 9.10. The van der Waals surface area contributed by atoms with E-state index in [4.69, 9.17) is 14.2 Å². The van der Waals surface area contributed by atoms with Gasteiger partial charge in [-0.05, 0) is 28.9 Å². The van der Waals surface area contributed by atoms with E-state index in [-0.39, 0.29) is 6.61 Å². The van der Waals surface area contributed by atoms with Crippen molar-refractivity contribution in [3.05, 3.63) is 22.2 Å². The van der Waals surface area contributed by atoms with Crippen LogP contribution in [0.2, 0.25) is 0 Å². The number of halogens is 1. The van der Waals surface area contributed by atoms with Crippen LogP contribution >= 0.6 is 15.9 Å². The van der Waals surface area contributed by atoms with Gasteiger partial charge in [0.1, 0.15) is 0 Å². The zero-order chi connectivity index (χ0) is 13.7. The molecule has 5 nitrogen and oxygen atoms in total. The summed E-state index contributed by atoms with van der Waals surface area (Å²) in [5, 5.41) is 9.92. The fraction of sp³-hybridized carbons (Fsp3) is 0.417. The van der Waals surface area contributed by atoms with Crippen LogP contribution in [0.1, 0.15) is 18.6 Å². The van der Waals surface area contributed by atoms with Gasteiger partial charge in [0.2, 0.25) is 0 Å². The Balaban J connectivity index is 3.20. The summed E-state index contributed by atoms with van der Waals surface area (Å²) in [6, 6.07) is 3.24. The molecule has 0 radical (unpaired) electrons. The number of carbonyl (C=O) groups excluding carboxylic acids is 1. The Morgan fingerprint density at radius 3 is 2.44 bits per heavy atom. The summed E-state index contributed by atoms with van der Waals surface area (Å²) in [6.45, 7) is 1.87. The largest absolute Gasteiger partial charge is 0.492 e. The number of carbonyl (C=O) groups is 1. The van der Waals surface area contributed by atoms with E-state index in [1.807, 2.05) is 0 Å². The molecule has 0 heterocycles. The van der Waals surface area contributed by atoms with Gasteiger partial charge in [-0.3, -0.25) is 0 Å². The van der Waals surface area contributed by atoms with E-state index in [1.165, 1.54) is 14.2 Å². The zero-order valence-corrected chi connectivity index (χ0v) is 12.0. The summed E-state index contributed by atoms with van der Waals surface area (Å²) >= 11 is 3.30. The van der Waals surface area contributed by atoms with Gasteiger partial charge in [0, 0.05) is 5.56 Å². The van der Waals surface area contributed by atoms with E-state index in [0.717, 1.165) is 0 Å². The lowest BCUT2D eigenvalue weighted by Crippen LogP contribution is -2.16. The minimum Gasteiger partial charge on any atom is -0.492 e. The Bertz CT molecular complexity index is 433. The molecule has 0 spiro atoms. The highest BCUT2D eigenvalue weighted by Gasteiger charge is 2.25. The number of benzene rings is 1. The SMILES string of the molecule is CCOC(=O)C(O)c1ccc(Br)c(OC)c1OC. The molecule has 100 valence electrons. The summed E-state index contributed by atoms with van der Waals surface area (Å²) in [7, 11) is 2.91. The number of hydrogen-bond donors (Lipinski definition) is 1. The number of aliphatic hydroxyl groups excluding tert-OH is 1. The molecular formula is C12H15BrO5. The molecule has 0 amide bonds. The third-order valence-electron chi connectivity index (χ3n) is 2.31. The minimum absolute atomic E-state index is 0.200. The number of rotatable bonds is 5. The highest BCUT2D eigenvalue weighted by atomic mass is 79.9. The maximum Gasteiger partial charge on any atom is 0.339 e. The molecule has 1 aromatic carbocycles. The number of ether oxygens (including phenoxy) is 3. The van der Waals surface area contributed by atoms with Crippen LogP contribution in [-0.2, 0) is 9.53 Å². The van der Waals surface area contributed by atoms with Crippen LogP contribution in [-0.4, -0.2) is 31.9 Å². The van der Waals surface area contributed by atoms with E-state index in [1.54, 1.807) is 19.1 Å². The van der Waals surface area contributed by atoms with Gasteiger partial charge >= 0.3 is 5.97 Å². The number of methoxy groups -OCH3 is 2. The first-order valence-corrected chi connectivity index (χ1v) is 6.11. The average molecular weight is 319 g/mol. The Morgan fingerprint density at radius 2 is 1.94 bits per heavy atom. The smallest absolute Gasteiger partial charge is 0.339 e. The van der Waals surface area contributed by atoms with E-state index in [0.29, 0.717) is 21.5 Å². The number of hydrogen-bond acceptors (Lipinski definition) is 5. The molecule has 1 rings (SSSR count).